The van der Waals surface area contributed by atoms with E-state index in [9.17, 15) is 0 Å². The smallest absolute Gasteiger partial charge is 0.214 e. The van der Waals surface area contributed by atoms with Gasteiger partial charge in [-0.2, -0.15) is 5.10 Å². The van der Waals surface area contributed by atoms with E-state index >= 15 is 0 Å². The maximum atomic E-state index is 6.52. The van der Waals surface area contributed by atoms with Crippen LogP contribution in [0.25, 0.3) is 0 Å². The first-order valence-electron chi connectivity index (χ1n) is 9.35. The maximum absolute atomic E-state index is 6.52. The lowest BCUT2D eigenvalue weighted by Gasteiger charge is -2.16. The zero-order valence-corrected chi connectivity index (χ0v) is 19.6. The van der Waals surface area contributed by atoms with Gasteiger partial charge in [-0.25, -0.2) is 4.68 Å². The van der Waals surface area contributed by atoms with Gasteiger partial charge in [-0.05, 0) is 49.0 Å². The lowest BCUT2D eigenvalue weighted by Crippen LogP contribution is -2.17. The van der Waals surface area contributed by atoms with Crippen molar-refractivity contribution in [2.75, 3.05) is 12.0 Å². The number of aryl methyl sites for hydroxylation is 1. The number of H-pyrrole nitrogens is 1. The van der Waals surface area contributed by atoms with Gasteiger partial charge in [0, 0.05) is 22.0 Å². The third-order valence-electron chi connectivity index (χ3n) is 4.26. The number of ether oxygens (including phenoxy) is 2. The number of nitrogens with one attached hydrogen (secondary N) is 2. The van der Waals surface area contributed by atoms with Gasteiger partial charge in [-0.15, -0.1) is 0 Å². The van der Waals surface area contributed by atoms with E-state index in [1.54, 1.807) is 16.8 Å². The Balaban J connectivity index is 1.79. The van der Waals surface area contributed by atoms with E-state index in [0.717, 1.165) is 23.4 Å². The third-order valence-corrected chi connectivity index (χ3v) is 5.40. The summed E-state index contributed by atoms with van der Waals surface area (Å²) in [6.45, 7) is 5.09. The molecule has 2 N–H and O–H groups in total. The first-order chi connectivity index (χ1) is 14.4. The Kier molecular flexibility index (Phi) is 7.88. The predicted octanol–water partition coefficient (Wildman–Crippen LogP) is 6.18. The van der Waals surface area contributed by atoms with Crippen molar-refractivity contribution in [3.63, 3.8) is 0 Å². The fourth-order valence-corrected chi connectivity index (χ4v) is 3.78. The Labute approximate surface area is 195 Å². The topological polar surface area (TPSA) is 64.1 Å². The van der Waals surface area contributed by atoms with Crippen LogP contribution in [0.1, 0.15) is 30.8 Å². The second-order valence-corrected chi connectivity index (χ2v) is 7.97. The Morgan fingerprint density at radius 1 is 1.10 bits per heavy atom. The summed E-state index contributed by atoms with van der Waals surface area (Å²) < 4.78 is 14.0. The van der Waals surface area contributed by atoms with Crippen LogP contribution >= 0.6 is 47.0 Å². The summed E-state index contributed by atoms with van der Waals surface area (Å²) in [5, 5.41) is 8.50. The lowest BCUT2D eigenvalue weighted by molar-refractivity contribution is 0.269. The number of rotatable bonds is 9. The van der Waals surface area contributed by atoms with Crippen molar-refractivity contribution in [3.8, 4) is 11.5 Å². The van der Waals surface area contributed by atoms with Crippen molar-refractivity contribution in [2.24, 2.45) is 0 Å². The minimum absolute atomic E-state index is 0.234. The summed E-state index contributed by atoms with van der Waals surface area (Å²) in [5.41, 5.74) is 4.95. The fraction of sp³-hybridized carbons (Fsp3) is 0.300. The quantitative estimate of drug-likeness (QED) is 0.353. The molecule has 0 aliphatic carbocycles. The van der Waals surface area contributed by atoms with E-state index in [0.29, 0.717) is 44.5 Å². The van der Waals surface area contributed by atoms with Gasteiger partial charge < -0.3 is 14.9 Å². The largest absolute Gasteiger partial charge is 0.490 e. The van der Waals surface area contributed by atoms with E-state index in [4.69, 9.17) is 56.5 Å². The van der Waals surface area contributed by atoms with Crippen LogP contribution in [0.5, 0.6) is 11.5 Å². The van der Waals surface area contributed by atoms with Crippen molar-refractivity contribution in [3.05, 3.63) is 67.1 Å². The zero-order valence-electron chi connectivity index (χ0n) is 16.5. The van der Waals surface area contributed by atoms with E-state index < -0.39 is 0 Å². The number of hydrogen-bond donors (Lipinski definition) is 2. The summed E-state index contributed by atoms with van der Waals surface area (Å²) in [4.78, 5) is 0. The molecule has 10 heteroatoms. The highest BCUT2D eigenvalue weighted by Gasteiger charge is 2.14. The Morgan fingerprint density at radius 2 is 1.90 bits per heavy atom. The molecule has 3 rings (SSSR count). The highest BCUT2D eigenvalue weighted by atomic mass is 35.5. The summed E-state index contributed by atoms with van der Waals surface area (Å²) in [6.07, 6.45) is 0.741. The second-order valence-electron chi connectivity index (χ2n) is 6.33. The second kappa shape index (κ2) is 10.4. The normalized spacial score (nSPS) is 10.8. The van der Waals surface area contributed by atoms with Crippen molar-refractivity contribution in [1.82, 2.24) is 14.9 Å². The highest BCUT2D eigenvalue weighted by molar-refractivity contribution is 7.71. The molecule has 0 bridgehead atoms. The number of aromatic amines is 1. The fourth-order valence-electron chi connectivity index (χ4n) is 2.82. The van der Waals surface area contributed by atoms with Gasteiger partial charge >= 0.3 is 0 Å². The standard InChI is InChI=1S/C20H21Cl3N4O2S/c1-3-18-25-26-20(30)27(18)24-10-12-7-16(23)19(17(8-12)28-4-2)29-11-13-5-6-14(21)9-15(13)22/h5-9,24H,3-4,10-11H2,1-2H3,(H,26,30). The minimum Gasteiger partial charge on any atom is -0.490 e. The van der Waals surface area contributed by atoms with Gasteiger partial charge in [-0.1, -0.05) is 47.8 Å². The van der Waals surface area contributed by atoms with Crippen LogP contribution in [0.3, 0.4) is 0 Å². The number of aromatic nitrogens is 3. The zero-order chi connectivity index (χ0) is 21.7. The number of hydrogen-bond acceptors (Lipinski definition) is 5. The molecule has 0 fully saturated rings. The molecule has 3 aromatic rings. The van der Waals surface area contributed by atoms with Gasteiger partial charge in [0.05, 0.1) is 18.2 Å². The van der Waals surface area contributed by atoms with Crippen molar-refractivity contribution < 1.29 is 9.47 Å². The average Bonchev–Trinajstić information content (AvgIpc) is 3.07. The molecular formula is C20H21Cl3N4O2S. The van der Waals surface area contributed by atoms with Crippen LogP contribution in [-0.4, -0.2) is 21.5 Å². The lowest BCUT2D eigenvalue weighted by atomic mass is 10.2. The van der Waals surface area contributed by atoms with Crippen molar-refractivity contribution >= 4 is 47.0 Å². The van der Waals surface area contributed by atoms with Crippen molar-refractivity contribution in [2.45, 2.75) is 33.4 Å². The molecule has 0 spiro atoms. The maximum Gasteiger partial charge on any atom is 0.214 e. The van der Waals surface area contributed by atoms with Gasteiger partial charge in [0.2, 0.25) is 4.77 Å². The van der Waals surface area contributed by atoms with Crippen LogP contribution in [0.4, 0.5) is 0 Å². The first kappa shape index (κ1) is 22.7. The molecule has 1 aromatic heterocycles. The molecule has 0 unspecified atom stereocenters. The summed E-state index contributed by atoms with van der Waals surface area (Å²) in [6, 6.07) is 8.96. The molecule has 2 aromatic carbocycles. The minimum atomic E-state index is 0.234. The summed E-state index contributed by atoms with van der Waals surface area (Å²) in [5.74, 6) is 1.83. The van der Waals surface area contributed by atoms with Gasteiger partial charge in [0.25, 0.3) is 0 Å². The van der Waals surface area contributed by atoms with Crippen LogP contribution < -0.4 is 14.9 Å². The molecule has 0 saturated heterocycles. The van der Waals surface area contributed by atoms with E-state index in [2.05, 4.69) is 15.6 Å². The van der Waals surface area contributed by atoms with Gasteiger partial charge in [0.1, 0.15) is 6.61 Å². The SMILES string of the molecule is CCOc1cc(CNn2c(CC)n[nH]c2=S)cc(Cl)c1OCc1ccc(Cl)cc1Cl. The number of nitrogens with zero attached hydrogens (tertiary/aromatic N) is 2. The molecular weight excluding hydrogens is 467 g/mol. The van der Waals surface area contributed by atoms with Gasteiger partial charge in [-0.3, -0.25) is 5.10 Å². The van der Waals surface area contributed by atoms with E-state index in [1.807, 2.05) is 32.0 Å². The molecule has 0 saturated carbocycles. The van der Waals surface area contributed by atoms with Crippen LogP contribution in [0.2, 0.25) is 15.1 Å². The van der Waals surface area contributed by atoms with Crippen LogP contribution in [-0.2, 0) is 19.6 Å². The summed E-state index contributed by atoms with van der Waals surface area (Å²) in [7, 11) is 0. The molecule has 0 radical (unpaired) electrons. The molecule has 0 aliphatic heterocycles. The Bertz CT molecular complexity index is 1080. The predicted molar refractivity (Wildman–Crippen MR) is 123 cm³/mol. The average molecular weight is 488 g/mol. The Hall–Kier alpha value is -1.93. The summed E-state index contributed by atoms with van der Waals surface area (Å²) >= 11 is 24.0. The molecule has 6 nitrogen and oxygen atoms in total. The number of benzene rings is 2. The van der Waals surface area contributed by atoms with Crippen molar-refractivity contribution in [1.29, 1.82) is 0 Å². The van der Waals surface area contributed by atoms with Crippen LogP contribution in [0, 0.1) is 4.77 Å². The monoisotopic (exact) mass is 486 g/mol. The number of halogens is 3. The molecule has 30 heavy (non-hydrogen) atoms. The third kappa shape index (κ3) is 5.40. The molecule has 0 aliphatic rings. The van der Waals surface area contributed by atoms with E-state index in [-0.39, 0.29) is 6.61 Å². The van der Waals surface area contributed by atoms with Gasteiger partial charge in [0.15, 0.2) is 17.3 Å². The Morgan fingerprint density at radius 3 is 2.60 bits per heavy atom. The van der Waals surface area contributed by atoms with Crippen LogP contribution in [0.15, 0.2) is 30.3 Å². The first-order valence-corrected chi connectivity index (χ1v) is 10.9. The highest BCUT2D eigenvalue weighted by Crippen LogP contribution is 2.37. The van der Waals surface area contributed by atoms with E-state index in [1.165, 1.54) is 0 Å². The molecule has 0 atom stereocenters. The molecule has 0 amide bonds. The molecule has 1 heterocycles. The molecule has 160 valence electrons.